The van der Waals surface area contributed by atoms with Crippen molar-refractivity contribution < 1.29 is 14.3 Å². The Labute approximate surface area is 115 Å². The van der Waals surface area contributed by atoms with Crippen LogP contribution in [0.5, 0.6) is 0 Å². The van der Waals surface area contributed by atoms with Crippen LogP contribution in [-0.2, 0) is 14.3 Å². The quantitative estimate of drug-likeness (QED) is 0.712. The minimum absolute atomic E-state index is 0.216. The van der Waals surface area contributed by atoms with E-state index in [0.717, 1.165) is 18.8 Å². The molecule has 0 aromatic heterocycles. The van der Waals surface area contributed by atoms with Crippen LogP contribution < -0.4 is 10.6 Å². The molecule has 0 aromatic rings. The van der Waals surface area contributed by atoms with Gasteiger partial charge in [-0.25, -0.2) is 4.79 Å². The van der Waals surface area contributed by atoms with Gasteiger partial charge >= 0.3 is 5.97 Å². The number of hydrogen-bond acceptors (Lipinski definition) is 4. The molecule has 2 N–H and O–H groups in total. The maximum atomic E-state index is 11.5. The molecule has 1 rings (SSSR count). The fourth-order valence-electron chi connectivity index (χ4n) is 2.64. The van der Waals surface area contributed by atoms with Crippen LogP contribution >= 0.6 is 0 Å². The monoisotopic (exact) mass is 270 g/mol. The number of carbonyl (C=O) groups is 2. The van der Waals surface area contributed by atoms with Gasteiger partial charge in [0, 0.05) is 19.5 Å². The van der Waals surface area contributed by atoms with Crippen LogP contribution in [0.4, 0.5) is 0 Å². The van der Waals surface area contributed by atoms with Crippen molar-refractivity contribution in [1.82, 2.24) is 10.6 Å². The van der Waals surface area contributed by atoms with Gasteiger partial charge in [-0.1, -0.05) is 13.3 Å². The maximum Gasteiger partial charge on any atom is 0.329 e. The summed E-state index contributed by atoms with van der Waals surface area (Å²) in [7, 11) is 1.34. The molecule has 0 aromatic carbocycles. The van der Waals surface area contributed by atoms with Crippen molar-refractivity contribution in [2.45, 2.75) is 58.0 Å². The number of nitrogens with one attached hydrogen (secondary N) is 2. The summed E-state index contributed by atoms with van der Waals surface area (Å²) in [5.41, 5.74) is 0. The Hall–Kier alpha value is -1.10. The largest absolute Gasteiger partial charge is 0.467 e. The van der Waals surface area contributed by atoms with Crippen LogP contribution in [0.15, 0.2) is 0 Å². The Balaban J connectivity index is 2.35. The maximum absolute atomic E-state index is 11.5. The average molecular weight is 270 g/mol. The highest BCUT2D eigenvalue weighted by molar-refractivity contribution is 5.83. The lowest BCUT2D eigenvalue weighted by Crippen LogP contribution is -2.49. The number of esters is 1. The predicted molar refractivity (Wildman–Crippen MR) is 73.7 cm³/mol. The molecular weight excluding hydrogens is 244 g/mol. The zero-order chi connectivity index (χ0) is 14.3. The molecular formula is C14H26N2O3. The molecule has 1 amide bonds. The summed E-state index contributed by atoms with van der Waals surface area (Å²) in [6, 6.07) is -0.143. The molecule has 1 atom stereocenters. The van der Waals surface area contributed by atoms with Crippen molar-refractivity contribution in [1.29, 1.82) is 0 Å². The molecule has 1 aliphatic carbocycles. The lowest BCUT2D eigenvalue weighted by atomic mass is 9.84. The molecule has 1 aliphatic rings. The zero-order valence-corrected chi connectivity index (χ0v) is 12.2. The zero-order valence-electron chi connectivity index (χ0n) is 12.2. The highest BCUT2D eigenvalue weighted by Gasteiger charge is 2.24. The van der Waals surface area contributed by atoms with Gasteiger partial charge < -0.3 is 15.4 Å². The van der Waals surface area contributed by atoms with Crippen molar-refractivity contribution in [3.05, 3.63) is 0 Å². The van der Waals surface area contributed by atoms with E-state index in [1.54, 1.807) is 0 Å². The van der Waals surface area contributed by atoms with Gasteiger partial charge in [0.15, 0.2) is 0 Å². The van der Waals surface area contributed by atoms with Crippen molar-refractivity contribution >= 4 is 11.9 Å². The van der Waals surface area contributed by atoms with Crippen LogP contribution in [-0.4, -0.2) is 37.6 Å². The average Bonchev–Trinajstić information content (AvgIpc) is 2.42. The molecule has 110 valence electrons. The number of methoxy groups -OCH3 is 1. The smallest absolute Gasteiger partial charge is 0.329 e. The van der Waals surface area contributed by atoms with E-state index in [1.807, 2.05) is 0 Å². The molecule has 19 heavy (non-hydrogen) atoms. The van der Waals surface area contributed by atoms with Crippen LogP contribution in [0.1, 0.15) is 46.0 Å². The number of ether oxygens (including phenoxy) is 1. The summed E-state index contributed by atoms with van der Waals surface area (Å²) in [4.78, 5) is 22.6. The second-order valence-corrected chi connectivity index (χ2v) is 5.31. The Kier molecular flexibility index (Phi) is 6.84. The Bertz CT molecular complexity index is 299. The molecule has 0 saturated heterocycles. The van der Waals surface area contributed by atoms with E-state index in [2.05, 4.69) is 17.6 Å². The standard InChI is InChI=1S/C14H26N2O3/c1-4-11-5-7-12(8-6-11)15-9-13(14(18)19-3)16-10(2)17/h11-13,15H,4-9H2,1-3H3,(H,16,17). The first-order chi connectivity index (χ1) is 9.06. The first-order valence-electron chi connectivity index (χ1n) is 7.15. The summed E-state index contributed by atoms with van der Waals surface area (Å²) in [6.45, 7) is 4.08. The lowest BCUT2D eigenvalue weighted by Gasteiger charge is -2.29. The molecule has 1 fully saturated rings. The predicted octanol–water partition coefficient (Wildman–Crippen LogP) is 1.22. The lowest BCUT2D eigenvalue weighted by molar-refractivity contribution is -0.144. The molecule has 0 aliphatic heterocycles. The van der Waals surface area contributed by atoms with E-state index in [-0.39, 0.29) is 5.91 Å². The van der Waals surface area contributed by atoms with Crippen molar-refractivity contribution in [2.24, 2.45) is 5.92 Å². The normalized spacial score (nSPS) is 24.6. The Morgan fingerprint density at radius 3 is 2.37 bits per heavy atom. The number of hydrogen-bond donors (Lipinski definition) is 2. The van der Waals surface area contributed by atoms with Gasteiger partial charge in [0.2, 0.25) is 5.91 Å². The van der Waals surface area contributed by atoms with Gasteiger partial charge in [0.25, 0.3) is 0 Å². The topological polar surface area (TPSA) is 67.4 Å². The molecule has 1 unspecified atom stereocenters. The first kappa shape index (κ1) is 16.0. The third-order valence-electron chi connectivity index (χ3n) is 3.90. The molecule has 0 bridgehead atoms. The van der Waals surface area contributed by atoms with E-state index >= 15 is 0 Å². The molecule has 0 spiro atoms. The fourth-order valence-corrected chi connectivity index (χ4v) is 2.64. The Morgan fingerprint density at radius 1 is 1.26 bits per heavy atom. The van der Waals surface area contributed by atoms with Crippen molar-refractivity contribution in [3.63, 3.8) is 0 Å². The number of rotatable bonds is 6. The van der Waals surface area contributed by atoms with Crippen molar-refractivity contribution in [2.75, 3.05) is 13.7 Å². The van der Waals surface area contributed by atoms with Gasteiger partial charge in [0.1, 0.15) is 6.04 Å². The summed E-state index contributed by atoms with van der Waals surface area (Å²) in [6.07, 6.45) is 6.04. The van der Waals surface area contributed by atoms with Crippen LogP contribution in [0.2, 0.25) is 0 Å². The summed E-state index contributed by atoms with van der Waals surface area (Å²) >= 11 is 0. The molecule has 5 nitrogen and oxygen atoms in total. The van der Waals surface area contributed by atoms with E-state index in [9.17, 15) is 9.59 Å². The van der Waals surface area contributed by atoms with Gasteiger partial charge in [-0.15, -0.1) is 0 Å². The summed E-state index contributed by atoms with van der Waals surface area (Å²) < 4.78 is 4.69. The second kappa shape index (κ2) is 8.15. The third-order valence-corrected chi connectivity index (χ3v) is 3.90. The van der Waals surface area contributed by atoms with E-state index in [0.29, 0.717) is 12.6 Å². The van der Waals surface area contributed by atoms with E-state index < -0.39 is 12.0 Å². The van der Waals surface area contributed by atoms with Crippen molar-refractivity contribution in [3.8, 4) is 0 Å². The van der Waals surface area contributed by atoms with E-state index in [4.69, 9.17) is 4.74 Å². The van der Waals surface area contributed by atoms with Gasteiger partial charge in [-0.2, -0.15) is 0 Å². The van der Waals surface area contributed by atoms with Gasteiger partial charge in [-0.05, 0) is 31.6 Å². The molecule has 0 radical (unpaired) electrons. The molecule has 5 heteroatoms. The molecule has 0 heterocycles. The summed E-state index contributed by atoms with van der Waals surface area (Å²) in [5.74, 6) is 0.238. The summed E-state index contributed by atoms with van der Waals surface area (Å²) in [5, 5.41) is 5.99. The molecule has 1 saturated carbocycles. The van der Waals surface area contributed by atoms with Crippen LogP contribution in [0.25, 0.3) is 0 Å². The number of carbonyl (C=O) groups excluding carboxylic acids is 2. The third kappa shape index (κ3) is 5.59. The second-order valence-electron chi connectivity index (χ2n) is 5.31. The Morgan fingerprint density at radius 2 is 1.89 bits per heavy atom. The SMILES string of the molecule is CCC1CCC(NCC(NC(C)=O)C(=O)OC)CC1. The number of amides is 1. The van der Waals surface area contributed by atoms with Gasteiger partial charge in [-0.3, -0.25) is 4.79 Å². The van der Waals surface area contributed by atoms with Crippen LogP contribution in [0, 0.1) is 5.92 Å². The fraction of sp³-hybridized carbons (Fsp3) is 0.857. The minimum atomic E-state index is -0.591. The van der Waals surface area contributed by atoms with Crippen LogP contribution in [0.3, 0.4) is 0 Å². The highest BCUT2D eigenvalue weighted by atomic mass is 16.5. The first-order valence-corrected chi connectivity index (χ1v) is 7.15. The minimum Gasteiger partial charge on any atom is -0.467 e. The highest BCUT2D eigenvalue weighted by Crippen LogP contribution is 2.26. The van der Waals surface area contributed by atoms with E-state index in [1.165, 1.54) is 33.3 Å². The van der Waals surface area contributed by atoms with Gasteiger partial charge in [0.05, 0.1) is 7.11 Å².